The summed E-state index contributed by atoms with van der Waals surface area (Å²) in [5, 5.41) is 4.12. The fourth-order valence-electron chi connectivity index (χ4n) is 1.61. The lowest BCUT2D eigenvalue weighted by molar-refractivity contribution is 0.0951. The lowest BCUT2D eigenvalue weighted by Crippen LogP contribution is -2.23. The lowest BCUT2D eigenvalue weighted by Gasteiger charge is -2.09. The number of benzene rings is 2. The largest absolute Gasteiger partial charge is 0.348 e. The Kier molecular flexibility index (Phi) is 5.55. The maximum absolute atomic E-state index is 12.0. The van der Waals surface area contributed by atoms with Crippen LogP contribution < -0.4 is 5.32 Å². The molecular weight excluding hydrogens is 431 g/mol. The van der Waals surface area contributed by atoms with Crippen molar-refractivity contribution in [2.45, 2.75) is 6.54 Å². The smallest absolute Gasteiger partial charge is 0.251 e. The first-order valence-electron chi connectivity index (χ1n) is 5.64. The number of hydrogen-bond donors (Lipinski definition) is 1. The predicted octanol–water partition coefficient (Wildman–Crippen LogP) is 5.18. The Hall–Kier alpha value is -0.490. The van der Waals surface area contributed by atoms with Gasteiger partial charge in [-0.05, 0) is 59.0 Å². The first-order chi connectivity index (χ1) is 9.47. The van der Waals surface area contributed by atoms with Crippen molar-refractivity contribution in [3.63, 3.8) is 0 Å². The fourth-order valence-corrected chi connectivity index (χ4v) is 2.92. The molecule has 0 fully saturated rings. The van der Waals surface area contributed by atoms with Gasteiger partial charge in [0.2, 0.25) is 0 Å². The summed E-state index contributed by atoms with van der Waals surface area (Å²) in [6, 6.07) is 10.5. The number of carbonyl (C=O) groups excluding carboxylic acids is 1. The molecule has 1 N–H and O–H groups in total. The first-order valence-corrected chi connectivity index (χ1v) is 7.86. The summed E-state index contributed by atoms with van der Waals surface area (Å²) in [7, 11) is 0. The predicted molar refractivity (Wildman–Crippen MR) is 91.8 cm³/mol. The van der Waals surface area contributed by atoms with Gasteiger partial charge >= 0.3 is 0 Å². The van der Waals surface area contributed by atoms with E-state index < -0.39 is 0 Å². The highest BCUT2D eigenvalue weighted by atomic mass is 127. The molecular formula is C14H9Cl3INO. The summed E-state index contributed by atoms with van der Waals surface area (Å²) in [6.45, 7) is 0.250. The molecule has 0 aliphatic heterocycles. The molecule has 104 valence electrons. The molecule has 0 unspecified atom stereocenters. The van der Waals surface area contributed by atoms with Gasteiger partial charge < -0.3 is 5.32 Å². The SMILES string of the molecule is O=C(NCc1c(Cl)cc(Cl)cc1Cl)c1ccc(I)cc1. The van der Waals surface area contributed by atoms with Gasteiger partial charge in [-0.3, -0.25) is 4.79 Å². The number of carbonyl (C=O) groups is 1. The van der Waals surface area contributed by atoms with Crippen molar-refractivity contribution >= 4 is 63.3 Å². The number of nitrogens with one attached hydrogen (secondary N) is 1. The minimum atomic E-state index is -0.177. The molecule has 0 aliphatic rings. The van der Waals surface area contributed by atoms with E-state index in [1.54, 1.807) is 24.3 Å². The highest BCUT2D eigenvalue weighted by Gasteiger charge is 2.10. The van der Waals surface area contributed by atoms with Gasteiger partial charge in [0.15, 0.2) is 0 Å². The Labute approximate surface area is 145 Å². The van der Waals surface area contributed by atoms with E-state index in [2.05, 4.69) is 27.9 Å². The zero-order chi connectivity index (χ0) is 14.7. The van der Waals surface area contributed by atoms with Crippen LogP contribution in [0.3, 0.4) is 0 Å². The van der Waals surface area contributed by atoms with Gasteiger partial charge in [-0.2, -0.15) is 0 Å². The van der Waals surface area contributed by atoms with Crippen LogP contribution in [-0.4, -0.2) is 5.91 Å². The molecule has 0 aliphatic carbocycles. The van der Waals surface area contributed by atoms with E-state index in [1.807, 2.05) is 12.1 Å². The number of rotatable bonds is 3. The van der Waals surface area contributed by atoms with Crippen LogP contribution in [0.4, 0.5) is 0 Å². The molecule has 0 spiro atoms. The van der Waals surface area contributed by atoms with Crippen molar-refractivity contribution in [2.24, 2.45) is 0 Å². The van der Waals surface area contributed by atoms with Crippen LogP contribution in [0.15, 0.2) is 36.4 Å². The number of amides is 1. The van der Waals surface area contributed by atoms with Crippen molar-refractivity contribution in [3.8, 4) is 0 Å². The van der Waals surface area contributed by atoms with Crippen LogP contribution in [0.2, 0.25) is 15.1 Å². The van der Waals surface area contributed by atoms with Gasteiger partial charge in [0.05, 0.1) is 0 Å². The molecule has 0 saturated heterocycles. The summed E-state index contributed by atoms with van der Waals surface area (Å²) in [4.78, 5) is 12.0. The normalized spacial score (nSPS) is 10.4. The van der Waals surface area contributed by atoms with E-state index >= 15 is 0 Å². The first kappa shape index (κ1) is 15.9. The third-order valence-electron chi connectivity index (χ3n) is 2.64. The van der Waals surface area contributed by atoms with Gasteiger partial charge in [-0.25, -0.2) is 0 Å². The molecule has 0 heterocycles. The second-order valence-electron chi connectivity index (χ2n) is 4.04. The molecule has 0 radical (unpaired) electrons. The second-order valence-corrected chi connectivity index (χ2v) is 6.53. The molecule has 0 saturated carbocycles. The molecule has 2 aromatic carbocycles. The van der Waals surface area contributed by atoms with E-state index in [0.717, 1.165) is 3.57 Å². The van der Waals surface area contributed by atoms with Crippen LogP contribution in [0.5, 0.6) is 0 Å². The van der Waals surface area contributed by atoms with E-state index in [4.69, 9.17) is 34.8 Å². The Balaban J connectivity index is 2.09. The van der Waals surface area contributed by atoms with Crippen LogP contribution in [0.25, 0.3) is 0 Å². The van der Waals surface area contributed by atoms with Crippen LogP contribution >= 0.6 is 57.4 Å². The molecule has 0 bridgehead atoms. The Morgan fingerprint density at radius 1 is 1.05 bits per heavy atom. The number of hydrogen-bond acceptors (Lipinski definition) is 1. The second kappa shape index (κ2) is 6.98. The highest BCUT2D eigenvalue weighted by Crippen LogP contribution is 2.28. The third kappa shape index (κ3) is 4.01. The van der Waals surface area contributed by atoms with Crippen LogP contribution in [0, 0.1) is 3.57 Å². The quantitative estimate of drug-likeness (QED) is 0.655. The molecule has 0 atom stereocenters. The van der Waals surface area contributed by atoms with E-state index in [1.165, 1.54) is 0 Å². The van der Waals surface area contributed by atoms with Crippen molar-refractivity contribution in [1.29, 1.82) is 0 Å². The molecule has 20 heavy (non-hydrogen) atoms. The van der Waals surface area contributed by atoms with Gasteiger partial charge in [0, 0.05) is 36.3 Å². The molecule has 0 aromatic heterocycles. The van der Waals surface area contributed by atoms with Gasteiger partial charge in [-0.15, -0.1) is 0 Å². The summed E-state index contributed by atoms with van der Waals surface area (Å²) in [6.07, 6.45) is 0. The molecule has 1 amide bonds. The van der Waals surface area contributed by atoms with Crippen molar-refractivity contribution in [1.82, 2.24) is 5.32 Å². The van der Waals surface area contributed by atoms with E-state index in [0.29, 0.717) is 26.2 Å². The van der Waals surface area contributed by atoms with Crippen molar-refractivity contribution in [2.75, 3.05) is 0 Å². The summed E-state index contributed by atoms with van der Waals surface area (Å²) < 4.78 is 1.07. The summed E-state index contributed by atoms with van der Waals surface area (Å²) >= 11 is 20.1. The monoisotopic (exact) mass is 439 g/mol. The van der Waals surface area contributed by atoms with Crippen LogP contribution in [-0.2, 0) is 6.54 Å². The van der Waals surface area contributed by atoms with E-state index in [9.17, 15) is 4.79 Å². The fraction of sp³-hybridized carbons (Fsp3) is 0.0714. The molecule has 2 aromatic rings. The van der Waals surface area contributed by atoms with Gasteiger partial charge in [0.1, 0.15) is 0 Å². The lowest BCUT2D eigenvalue weighted by atomic mass is 10.2. The van der Waals surface area contributed by atoms with E-state index in [-0.39, 0.29) is 12.5 Å². The van der Waals surface area contributed by atoms with Crippen molar-refractivity contribution < 1.29 is 4.79 Å². The zero-order valence-electron chi connectivity index (χ0n) is 10.1. The van der Waals surface area contributed by atoms with Gasteiger partial charge in [-0.1, -0.05) is 34.8 Å². The highest BCUT2D eigenvalue weighted by molar-refractivity contribution is 14.1. The Morgan fingerprint density at radius 3 is 2.15 bits per heavy atom. The number of halogens is 4. The summed E-state index contributed by atoms with van der Waals surface area (Å²) in [5.41, 5.74) is 1.24. The minimum absolute atomic E-state index is 0.177. The molecule has 2 rings (SSSR count). The Morgan fingerprint density at radius 2 is 1.60 bits per heavy atom. The van der Waals surface area contributed by atoms with Crippen LogP contribution in [0.1, 0.15) is 15.9 Å². The average molecular weight is 440 g/mol. The molecule has 2 nitrogen and oxygen atoms in total. The standard InChI is InChI=1S/C14H9Cl3INO/c15-9-5-12(16)11(13(17)6-9)7-19-14(20)8-1-3-10(18)4-2-8/h1-6H,7H2,(H,19,20). The van der Waals surface area contributed by atoms with Gasteiger partial charge in [0.25, 0.3) is 5.91 Å². The summed E-state index contributed by atoms with van der Waals surface area (Å²) in [5.74, 6) is -0.177. The topological polar surface area (TPSA) is 29.1 Å². The zero-order valence-corrected chi connectivity index (χ0v) is 14.5. The average Bonchev–Trinajstić information content (AvgIpc) is 2.38. The maximum Gasteiger partial charge on any atom is 0.251 e. The van der Waals surface area contributed by atoms with Crippen molar-refractivity contribution in [3.05, 3.63) is 66.2 Å². The Bertz CT molecular complexity index is 620. The molecule has 6 heteroatoms. The minimum Gasteiger partial charge on any atom is -0.348 e. The maximum atomic E-state index is 12.0. The third-order valence-corrected chi connectivity index (χ3v) is 4.25.